The van der Waals surface area contributed by atoms with Crippen molar-refractivity contribution in [1.82, 2.24) is 19.7 Å². The van der Waals surface area contributed by atoms with E-state index in [1.54, 1.807) is 7.11 Å². The fourth-order valence-electron chi connectivity index (χ4n) is 4.07. The number of hydrogen-bond donors (Lipinski definition) is 0. The number of nitrogens with zero attached hydrogens (tertiary/aromatic N) is 4. The van der Waals surface area contributed by atoms with Crippen molar-refractivity contribution in [3.05, 3.63) is 95.8 Å². The molecule has 1 aromatic heterocycles. The highest BCUT2D eigenvalue weighted by atomic mass is 32.2. The van der Waals surface area contributed by atoms with Crippen LogP contribution < -0.4 is 9.47 Å². The maximum atomic E-state index is 13.0. The Hall–Kier alpha value is -3.78. The molecule has 0 saturated carbocycles. The van der Waals surface area contributed by atoms with E-state index in [1.165, 1.54) is 22.9 Å². The van der Waals surface area contributed by atoms with E-state index in [4.69, 9.17) is 9.47 Å². The molecule has 0 aliphatic carbocycles. The molecule has 0 unspecified atom stereocenters. The molecule has 7 nitrogen and oxygen atoms in total. The fraction of sp³-hybridized carbons (Fsp3) is 0.222. The molecule has 2 heterocycles. The highest BCUT2D eigenvalue weighted by Gasteiger charge is 2.22. The normalized spacial score (nSPS) is 12.8. The number of methoxy groups -OCH3 is 1. The van der Waals surface area contributed by atoms with Crippen LogP contribution in [0.5, 0.6) is 11.5 Å². The Morgan fingerprint density at radius 2 is 1.63 bits per heavy atom. The van der Waals surface area contributed by atoms with Crippen LogP contribution in [0.2, 0.25) is 0 Å². The van der Waals surface area contributed by atoms with Crippen LogP contribution in [0.25, 0.3) is 5.69 Å². The first-order valence-corrected chi connectivity index (χ1v) is 12.4. The topological polar surface area (TPSA) is 69.5 Å². The predicted molar refractivity (Wildman–Crippen MR) is 135 cm³/mol. The molecule has 35 heavy (non-hydrogen) atoms. The Kier molecular flexibility index (Phi) is 6.99. The van der Waals surface area contributed by atoms with Crippen molar-refractivity contribution in [1.29, 1.82) is 0 Å². The summed E-state index contributed by atoms with van der Waals surface area (Å²) in [6.45, 7) is 1.64. The van der Waals surface area contributed by atoms with Crippen LogP contribution in [0.4, 0.5) is 0 Å². The number of amides is 1. The summed E-state index contributed by atoms with van der Waals surface area (Å²) in [5.41, 5.74) is 3.48. The van der Waals surface area contributed by atoms with Gasteiger partial charge in [-0.05, 0) is 53.9 Å². The Morgan fingerprint density at radius 1 is 0.914 bits per heavy atom. The first-order chi connectivity index (χ1) is 17.2. The van der Waals surface area contributed by atoms with Gasteiger partial charge < -0.3 is 14.4 Å². The van der Waals surface area contributed by atoms with E-state index in [0.717, 1.165) is 24.4 Å². The molecule has 0 fully saturated rings. The van der Waals surface area contributed by atoms with Crippen molar-refractivity contribution in [2.24, 2.45) is 0 Å². The van der Waals surface area contributed by atoms with E-state index in [-0.39, 0.29) is 12.5 Å². The van der Waals surface area contributed by atoms with E-state index >= 15 is 0 Å². The van der Waals surface area contributed by atoms with Crippen LogP contribution in [-0.4, -0.2) is 45.0 Å². The number of carbonyl (C=O) groups is 1. The molecule has 178 valence electrons. The Morgan fingerprint density at radius 3 is 2.40 bits per heavy atom. The number of thioether (sulfide) groups is 1. The van der Waals surface area contributed by atoms with Crippen molar-refractivity contribution in [3.8, 4) is 17.2 Å². The van der Waals surface area contributed by atoms with Gasteiger partial charge in [-0.15, -0.1) is 10.2 Å². The van der Waals surface area contributed by atoms with Gasteiger partial charge in [0.15, 0.2) is 11.0 Å². The number of aromatic nitrogens is 3. The summed E-state index contributed by atoms with van der Waals surface area (Å²) in [6.07, 6.45) is 0.889. The van der Waals surface area contributed by atoms with Gasteiger partial charge in [0.1, 0.15) is 18.1 Å². The second-order valence-corrected chi connectivity index (χ2v) is 9.10. The second-order valence-electron chi connectivity index (χ2n) is 8.16. The number of ether oxygens (including phenoxy) is 2. The zero-order valence-electron chi connectivity index (χ0n) is 19.5. The average Bonchev–Trinajstić information content (AvgIpc) is 3.33. The van der Waals surface area contributed by atoms with Gasteiger partial charge in [-0.2, -0.15) is 0 Å². The van der Waals surface area contributed by atoms with E-state index in [2.05, 4.69) is 28.4 Å². The lowest BCUT2D eigenvalue weighted by atomic mass is 10.00. The third-order valence-electron chi connectivity index (χ3n) is 5.95. The van der Waals surface area contributed by atoms with Gasteiger partial charge in [0.25, 0.3) is 0 Å². The molecule has 0 N–H and O–H groups in total. The Bertz CT molecular complexity index is 1290. The van der Waals surface area contributed by atoms with E-state index in [1.807, 2.05) is 70.1 Å². The number of hydrogen-bond acceptors (Lipinski definition) is 6. The summed E-state index contributed by atoms with van der Waals surface area (Å²) < 4.78 is 13.1. The van der Waals surface area contributed by atoms with Gasteiger partial charge in [0.05, 0.1) is 12.9 Å². The van der Waals surface area contributed by atoms with Crippen molar-refractivity contribution in [3.63, 3.8) is 0 Å². The quantitative estimate of drug-likeness (QED) is 0.341. The zero-order chi connectivity index (χ0) is 24.0. The number of carbonyl (C=O) groups excluding carboxylic acids is 1. The molecule has 0 radical (unpaired) electrons. The lowest BCUT2D eigenvalue weighted by Gasteiger charge is -2.28. The van der Waals surface area contributed by atoms with Crippen LogP contribution >= 0.6 is 11.8 Å². The van der Waals surface area contributed by atoms with Gasteiger partial charge in [0, 0.05) is 18.8 Å². The first-order valence-electron chi connectivity index (χ1n) is 11.4. The lowest BCUT2D eigenvalue weighted by Crippen LogP contribution is -2.37. The summed E-state index contributed by atoms with van der Waals surface area (Å²) in [5.74, 6) is 2.54. The standard InChI is InChI=1S/C27H26N4O3S/c1-33-23-11-13-24(14-12-23)34-18-25-28-29-27(31(25)22-9-3-2-4-10-22)35-19-26(32)30-16-15-20-7-5-6-8-21(20)17-30/h2-14H,15-19H2,1H3. The SMILES string of the molecule is COc1ccc(OCc2nnc(SCC(=O)N3CCc4ccccc4C3)n2-c2ccccc2)cc1. The molecular weight excluding hydrogens is 460 g/mol. The number of fused-ring (bicyclic) bond motifs is 1. The zero-order valence-corrected chi connectivity index (χ0v) is 20.3. The minimum atomic E-state index is 0.100. The predicted octanol–water partition coefficient (Wildman–Crippen LogP) is 4.53. The highest BCUT2D eigenvalue weighted by molar-refractivity contribution is 7.99. The van der Waals surface area contributed by atoms with Gasteiger partial charge in [-0.1, -0.05) is 54.2 Å². The first kappa shape index (κ1) is 23.0. The van der Waals surface area contributed by atoms with Crippen LogP contribution in [0.1, 0.15) is 17.0 Å². The average molecular weight is 487 g/mol. The summed E-state index contributed by atoms with van der Waals surface area (Å²) in [4.78, 5) is 14.9. The van der Waals surface area contributed by atoms with E-state index < -0.39 is 0 Å². The molecule has 1 aliphatic rings. The fourth-order valence-corrected chi connectivity index (χ4v) is 4.94. The molecule has 1 amide bonds. The van der Waals surface area contributed by atoms with Gasteiger partial charge in [0.2, 0.25) is 5.91 Å². The van der Waals surface area contributed by atoms with Crippen LogP contribution in [0.3, 0.4) is 0 Å². The maximum Gasteiger partial charge on any atom is 0.233 e. The molecule has 0 spiro atoms. The van der Waals surface area contributed by atoms with Crippen molar-refractivity contribution < 1.29 is 14.3 Å². The Labute approximate surface area is 208 Å². The molecule has 4 aromatic rings. The summed E-state index contributed by atoms with van der Waals surface area (Å²) in [5, 5.41) is 9.43. The van der Waals surface area contributed by atoms with Crippen LogP contribution in [0, 0.1) is 0 Å². The molecule has 5 rings (SSSR count). The second kappa shape index (κ2) is 10.7. The lowest BCUT2D eigenvalue weighted by molar-refractivity contribution is -0.129. The number of para-hydroxylation sites is 1. The van der Waals surface area contributed by atoms with Crippen LogP contribution in [0.15, 0.2) is 84.0 Å². The monoisotopic (exact) mass is 486 g/mol. The summed E-state index contributed by atoms with van der Waals surface area (Å²) in [6, 6.07) is 25.6. The molecule has 0 bridgehead atoms. The van der Waals surface area contributed by atoms with Crippen molar-refractivity contribution in [2.75, 3.05) is 19.4 Å². The molecule has 1 aliphatic heterocycles. The number of rotatable bonds is 8. The third kappa shape index (κ3) is 5.33. The Balaban J connectivity index is 1.29. The van der Waals surface area contributed by atoms with Crippen molar-refractivity contribution in [2.45, 2.75) is 24.7 Å². The minimum Gasteiger partial charge on any atom is -0.497 e. The van der Waals surface area contributed by atoms with Gasteiger partial charge in [-0.3, -0.25) is 9.36 Å². The summed E-state index contributed by atoms with van der Waals surface area (Å²) >= 11 is 1.40. The number of benzene rings is 3. The van der Waals surface area contributed by atoms with Crippen molar-refractivity contribution >= 4 is 17.7 Å². The smallest absolute Gasteiger partial charge is 0.233 e. The van der Waals surface area contributed by atoms with E-state index in [9.17, 15) is 4.79 Å². The van der Waals surface area contributed by atoms with Crippen LogP contribution in [-0.2, 0) is 24.4 Å². The highest BCUT2D eigenvalue weighted by Crippen LogP contribution is 2.25. The minimum absolute atomic E-state index is 0.100. The molecule has 0 atom stereocenters. The van der Waals surface area contributed by atoms with Gasteiger partial charge in [-0.25, -0.2) is 0 Å². The maximum absolute atomic E-state index is 13.0. The molecule has 0 saturated heterocycles. The largest absolute Gasteiger partial charge is 0.497 e. The molecular formula is C27H26N4O3S. The van der Waals surface area contributed by atoms with Gasteiger partial charge >= 0.3 is 0 Å². The third-order valence-corrected chi connectivity index (χ3v) is 6.86. The molecule has 8 heteroatoms. The summed E-state index contributed by atoms with van der Waals surface area (Å²) in [7, 11) is 1.63. The molecule has 3 aromatic carbocycles. The van der Waals surface area contributed by atoms with E-state index in [0.29, 0.717) is 29.0 Å².